The highest BCUT2D eigenvalue weighted by atomic mass is 19.1. The Morgan fingerprint density at radius 2 is 2.33 bits per heavy atom. The first-order chi connectivity index (χ1) is 8.67. The lowest BCUT2D eigenvalue weighted by Crippen LogP contribution is -2.39. The van der Waals surface area contributed by atoms with Crippen LogP contribution in [0.3, 0.4) is 0 Å². The van der Waals surface area contributed by atoms with Gasteiger partial charge in [0.1, 0.15) is 5.82 Å². The first-order valence-electron chi connectivity index (χ1n) is 5.82. The van der Waals surface area contributed by atoms with Crippen LogP contribution in [0.5, 0.6) is 0 Å². The smallest absolute Gasteiger partial charge is 0.184 e. The number of nitrogens with one attached hydrogen (secondary N) is 2. The number of benzene rings is 1. The predicted octanol–water partition coefficient (Wildman–Crippen LogP) is 1.46. The number of ketones is 1. The van der Waals surface area contributed by atoms with Crippen LogP contribution in [-0.4, -0.2) is 35.1 Å². The van der Waals surface area contributed by atoms with Crippen molar-refractivity contribution in [3.05, 3.63) is 35.8 Å². The largest absolute Gasteiger partial charge is 0.394 e. The highest BCUT2D eigenvalue weighted by Gasteiger charge is 2.21. The zero-order chi connectivity index (χ0) is 13.1. The Balaban J connectivity index is 2.38. The molecule has 3 N–H and O–H groups in total. The van der Waals surface area contributed by atoms with Gasteiger partial charge in [0.05, 0.1) is 12.6 Å². The van der Waals surface area contributed by atoms with Crippen molar-refractivity contribution in [2.75, 3.05) is 13.2 Å². The molecule has 0 radical (unpaired) electrons. The summed E-state index contributed by atoms with van der Waals surface area (Å²) >= 11 is 0. The number of H-pyrrole nitrogens is 1. The second-order valence-corrected chi connectivity index (χ2v) is 4.05. The van der Waals surface area contributed by atoms with Crippen molar-refractivity contribution in [1.82, 2.24) is 10.3 Å². The Labute approximate surface area is 104 Å². The lowest BCUT2D eigenvalue weighted by Gasteiger charge is -2.12. The fraction of sp³-hybridized carbons (Fsp3) is 0.308. The molecule has 0 fully saturated rings. The average Bonchev–Trinajstić information content (AvgIpc) is 2.77. The van der Waals surface area contributed by atoms with Gasteiger partial charge in [-0.25, -0.2) is 4.39 Å². The highest BCUT2D eigenvalue weighted by Crippen LogP contribution is 2.20. The molecule has 1 heterocycles. The van der Waals surface area contributed by atoms with E-state index in [1.54, 1.807) is 12.3 Å². The third-order valence-corrected chi connectivity index (χ3v) is 2.86. The Bertz CT molecular complexity index is 565. The fourth-order valence-corrected chi connectivity index (χ4v) is 1.98. The van der Waals surface area contributed by atoms with Crippen LogP contribution < -0.4 is 5.32 Å². The number of halogens is 1. The zero-order valence-corrected chi connectivity index (χ0v) is 10.0. The summed E-state index contributed by atoms with van der Waals surface area (Å²) in [5.41, 5.74) is 1.04. The molecule has 4 nitrogen and oxygen atoms in total. The van der Waals surface area contributed by atoms with Gasteiger partial charge in [0.25, 0.3) is 0 Å². The summed E-state index contributed by atoms with van der Waals surface area (Å²) in [6, 6.07) is 3.59. The number of hydrogen-bond acceptors (Lipinski definition) is 3. The molecule has 0 aliphatic carbocycles. The summed E-state index contributed by atoms with van der Waals surface area (Å²) in [7, 11) is 0. The maximum absolute atomic E-state index is 13.0. The molecule has 0 bridgehead atoms. The normalized spacial score (nSPS) is 12.8. The first kappa shape index (κ1) is 12.7. The summed E-state index contributed by atoms with van der Waals surface area (Å²) in [4.78, 5) is 15.1. The standard InChI is InChI=1S/C13H15FN2O2/c1-2-15-12(7-17)13(18)10-6-16-11-5-8(14)3-4-9(10)11/h3-6,12,15-17H,2,7H2,1H3. The van der Waals surface area contributed by atoms with Crippen molar-refractivity contribution < 1.29 is 14.3 Å². The van der Waals surface area contributed by atoms with Gasteiger partial charge in [0.2, 0.25) is 0 Å². The van der Waals surface area contributed by atoms with Crippen LogP contribution in [0.1, 0.15) is 17.3 Å². The van der Waals surface area contributed by atoms with E-state index in [0.29, 0.717) is 23.0 Å². The van der Waals surface area contributed by atoms with Crippen molar-refractivity contribution in [1.29, 1.82) is 0 Å². The van der Waals surface area contributed by atoms with Gasteiger partial charge >= 0.3 is 0 Å². The van der Waals surface area contributed by atoms with Gasteiger partial charge in [-0.3, -0.25) is 4.79 Å². The van der Waals surface area contributed by atoms with E-state index in [9.17, 15) is 14.3 Å². The van der Waals surface area contributed by atoms with E-state index >= 15 is 0 Å². The molecule has 2 rings (SSSR count). The Hall–Kier alpha value is -1.72. The van der Waals surface area contributed by atoms with Crippen LogP contribution in [-0.2, 0) is 0 Å². The lowest BCUT2D eigenvalue weighted by atomic mass is 10.0. The van der Waals surface area contributed by atoms with Crippen LogP contribution >= 0.6 is 0 Å². The molecule has 1 atom stereocenters. The fourth-order valence-electron chi connectivity index (χ4n) is 1.98. The Morgan fingerprint density at radius 1 is 1.56 bits per heavy atom. The molecule has 1 aromatic carbocycles. The molecule has 1 aromatic heterocycles. The van der Waals surface area contributed by atoms with E-state index in [1.807, 2.05) is 6.92 Å². The monoisotopic (exact) mass is 250 g/mol. The van der Waals surface area contributed by atoms with Gasteiger partial charge in [-0.2, -0.15) is 0 Å². The van der Waals surface area contributed by atoms with Crippen LogP contribution in [0, 0.1) is 5.82 Å². The number of aromatic amines is 1. The number of aliphatic hydroxyl groups is 1. The molecule has 0 saturated carbocycles. The predicted molar refractivity (Wildman–Crippen MR) is 67.1 cm³/mol. The van der Waals surface area contributed by atoms with Gasteiger partial charge in [-0.05, 0) is 24.7 Å². The van der Waals surface area contributed by atoms with Gasteiger partial charge in [0.15, 0.2) is 5.78 Å². The third kappa shape index (κ3) is 2.27. The molecule has 0 spiro atoms. The van der Waals surface area contributed by atoms with E-state index in [1.165, 1.54) is 12.1 Å². The van der Waals surface area contributed by atoms with Crippen molar-refractivity contribution in [3.63, 3.8) is 0 Å². The molecule has 5 heteroatoms. The molecule has 0 aliphatic heterocycles. The number of hydrogen-bond donors (Lipinski definition) is 3. The third-order valence-electron chi connectivity index (χ3n) is 2.86. The number of carbonyl (C=O) groups is 1. The number of Topliss-reactive ketones (excluding diaryl/α,β-unsaturated/α-hetero) is 1. The summed E-state index contributed by atoms with van der Waals surface area (Å²) in [5.74, 6) is -0.550. The quantitative estimate of drug-likeness (QED) is 0.704. The van der Waals surface area contributed by atoms with Crippen LogP contribution in [0.25, 0.3) is 10.9 Å². The van der Waals surface area contributed by atoms with Crippen molar-refractivity contribution >= 4 is 16.7 Å². The van der Waals surface area contributed by atoms with Crippen LogP contribution in [0.4, 0.5) is 4.39 Å². The van der Waals surface area contributed by atoms with Crippen LogP contribution in [0.15, 0.2) is 24.4 Å². The van der Waals surface area contributed by atoms with E-state index in [4.69, 9.17) is 0 Å². The number of rotatable bonds is 5. The minimum Gasteiger partial charge on any atom is -0.394 e. The van der Waals surface area contributed by atoms with Crippen molar-refractivity contribution in [2.45, 2.75) is 13.0 Å². The zero-order valence-electron chi connectivity index (χ0n) is 10.0. The maximum atomic E-state index is 13.0. The topological polar surface area (TPSA) is 65.1 Å². The molecule has 2 aromatic rings. The van der Waals surface area contributed by atoms with E-state index in [-0.39, 0.29) is 18.2 Å². The van der Waals surface area contributed by atoms with E-state index in [2.05, 4.69) is 10.3 Å². The molecule has 18 heavy (non-hydrogen) atoms. The number of fused-ring (bicyclic) bond motifs is 1. The lowest BCUT2D eigenvalue weighted by molar-refractivity contribution is 0.0901. The molecular weight excluding hydrogens is 235 g/mol. The minimum absolute atomic E-state index is 0.197. The molecule has 0 saturated heterocycles. The van der Waals surface area contributed by atoms with E-state index < -0.39 is 6.04 Å². The highest BCUT2D eigenvalue weighted by molar-refractivity contribution is 6.10. The minimum atomic E-state index is -0.626. The number of aromatic nitrogens is 1. The molecular formula is C13H15FN2O2. The van der Waals surface area contributed by atoms with Crippen molar-refractivity contribution in [3.8, 4) is 0 Å². The average molecular weight is 250 g/mol. The second-order valence-electron chi connectivity index (χ2n) is 4.05. The SMILES string of the molecule is CCNC(CO)C(=O)c1c[nH]c2cc(F)ccc12. The van der Waals surface area contributed by atoms with Gasteiger partial charge < -0.3 is 15.4 Å². The Morgan fingerprint density at radius 3 is 3.00 bits per heavy atom. The maximum Gasteiger partial charge on any atom is 0.184 e. The van der Waals surface area contributed by atoms with E-state index in [0.717, 1.165) is 0 Å². The number of aliphatic hydroxyl groups excluding tert-OH is 1. The second kappa shape index (κ2) is 5.29. The first-order valence-corrected chi connectivity index (χ1v) is 5.82. The molecule has 96 valence electrons. The number of carbonyl (C=O) groups excluding carboxylic acids is 1. The van der Waals surface area contributed by atoms with Gasteiger partial charge in [-0.15, -0.1) is 0 Å². The summed E-state index contributed by atoms with van der Waals surface area (Å²) in [5, 5.41) is 12.8. The number of likely N-dealkylation sites (N-methyl/N-ethyl adjacent to an activating group) is 1. The molecule has 0 aliphatic rings. The summed E-state index contributed by atoms with van der Waals surface area (Å²) < 4.78 is 13.0. The van der Waals surface area contributed by atoms with Crippen molar-refractivity contribution in [2.24, 2.45) is 0 Å². The van der Waals surface area contributed by atoms with Gasteiger partial charge in [-0.1, -0.05) is 6.92 Å². The van der Waals surface area contributed by atoms with Crippen LogP contribution in [0.2, 0.25) is 0 Å². The molecule has 0 amide bonds. The molecule has 1 unspecified atom stereocenters. The Kier molecular flexibility index (Phi) is 3.74. The summed E-state index contributed by atoms with van der Waals surface area (Å²) in [6.45, 7) is 2.19. The summed E-state index contributed by atoms with van der Waals surface area (Å²) in [6.07, 6.45) is 1.55. The van der Waals surface area contributed by atoms with Gasteiger partial charge in [0, 0.05) is 22.7 Å².